The van der Waals surface area contributed by atoms with Gasteiger partial charge < -0.3 is 4.74 Å². The molecule has 0 saturated carbocycles. The summed E-state index contributed by atoms with van der Waals surface area (Å²) in [5, 5.41) is 0. The molecule has 0 amide bonds. The summed E-state index contributed by atoms with van der Waals surface area (Å²) in [5.74, 6) is -1.62. The molecule has 1 aromatic rings. The zero-order chi connectivity index (χ0) is 11.3. The fraction of sp³-hybridized carbons (Fsp3) is 0.455. The van der Waals surface area contributed by atoms with Crippen LogP contribution in [-0.2, 0) is 0 Å². The minimum atomic E-state index is -0.668. The molecule has 0 N–H and O–H groups in total. The molecule has 0 heterocycles. The van der Waals surface area contributed by atoms with Crippen molar-refractivity contribution >= 4 is 15.9 Å². The van der Waals surface area contributed by atoms with Gasteiger partial charge in [-0.3, -0.25) is 0 Å². The summed E-state index contributed by atoms with van der Waals surface area (Å²) >= 11 is 3.00. The third kappa shape index (κ3) is 3.78. The first-order valence-corrected chi connectivity index (χ1v) is 5.71. The van der Waals surface area contributed by atoms with E-state index in [0.717, 1.165) is 19.3 Å². The van der Waals surface area contributed by atoms with Crippen LogP contribution in [0.25, 0.3) is 0 Å². The maximum atomic E-state index is 13.2. The molecular formula is C11H13BrF2O. The first kappa shape index (κ1) is 12.4. The topological polar surface area (TPSA) is 9.23 Å². The molecule has 0 saturated heterocycles. The standard InChI is InChI=1S/C11H13BrF2O/c1-2-3-4-5-15-11-9(13)6-8(12)7-10(11)14/h6-7H,2-5H2,1H3. The number of hydrogen-bond acceptors (Lipinski definition) is 1. The molecule has 1 aromatic carbocycles. The molecule has 0 atom stereocenters. The highest BCUT2D eigenvalue weighted by molar-refractivity contribution is 9.10. The molecule has 0 fully saturated rings. The molecule has 84 valence electrons. The van der Waals surface area contributed by atoms with Crippen molar-refractivity contribution in [2.45, 2.75) is 26.2 Å². The Hall–Kier alpha value is -0.640. The average Bonchev–Trinajstić information content (AvgIpc) is 2.15. The second-order valence-corrected chi connectivity index (χ2v) is 4.17. The van der Waals surface area contributed by atoms with Crippen molar-refractivity contribution in [3.8, 4) is 5.75 Å². The second-order valence-electron chi connectivity index (χ2n) is 3.25. The molecule has 4 heteroatoms. The molecule has 0 aromatic heterocycles. The van der Waals surface area contributed by atoms with Crippen molar-refractivity contribution in [3.05, 3.63) is 28.2 Å². The zero-order valence-corrected chi connectivity index (χ0v) is 10.1. The molecule has 0 aliphatic heterocycles. The lowest BCUT2D eigenvalue weighted by Crippen LogP contribution is -2.01. The third-order valence-electron chi connectivity index (χ3n) is 1.96. The van der Waals surface area contributed by atoms with Gasteiger partial charge in [-0.25, -0.2) is 8.78 Å². The molecule has 1 nitrogen and oxygen atoms in total. The Morgan fingerprint density at radius 3 is 2.33 bits per heavy atom. The fourth-order valence-electron chi connectivity index (χ4n) is 1.19. The molecule has 0 spiro atoms. The number of benzene rings is 1. The van der Waals surface area contributed by atoms with Crippen LogP contribution in [-0.4, -0.2) is 6.61 Å². The summed E-state index contributed by atoms with van der Waals surface area (Å²) in [4.78, 5) is 0. The Morgan fingerprint density at radius 2 is 1.80 bits per heavy atom. The Balaban J connectivity index is 2.60. The van der Waals surface area contributed by atoms with E-state index >= 15 is 0 Å². The summed E-state index contributed by atoms with van der Waals surface area (Å²) in [6.45, 7) is 2.41. The van der Waals surface area contributed by atoms with E-state index < -0.39 is 11.6 Å². The molecule has 0 aliphatic carbocycles. The molecule has 0 unspecified atom stereocenters. The van der Waals surface area contributed by atoms with Gasteiger partial charge in [-0.1, -0.05) is 35.7 Å². The molecule has 0 aliphatic rings. The predicted octanol–water partition coefficient (Wildman–Crippen LogP) is 4.30. The van der Waals surface area contributed by atoms with Crippen molar-refractivity contribution < 1.29 is 13.5 Å². The second kappa shape index (κ2) is 6.05. The first-order chi connectivity index (χ1) is 7.15. The number of ether oxygens (including phenoxy) is 1. The van der Waals surface area contributed by atoms with Gasteiger partial charge in [0.25, 0.3) is 0 Å². The first-order valence-electron chi connectivity index (χ1n) is 4.92. The zero-order valence-electron chi connectivity index (χ0n) is 8.53. The Morgan fingerprint density at radius 1 is 1.20 bits per heavy atom. The highest BCUT2D eigenvalue weighted by Crippen LogP contribution is 2.25. The van der Waals surface area contributed by atoms with Gasteiger partial charge in [0.2, 0.25) is 0 Å². The molecule has 0 bridgehead atoms. The minimum absolute atomic E-state index is 0.283. The van der Waals surface area contributed by atoms with E-state index in [4.69, 9.17) is 4.74 Å². The van der Waals surface area contributed by atoms with Crippen molar-refractivity contribution in [1.29, 1.82) is 0 Å². The van der Waals surface area contributed by atoms with Gasteiger partial charge in [-0.2, -0.15) is 0 Å². The number of unbranched alkanes of at least 4 members (excludes halogenated alkanes) is 2. The summed E-state index contributed by atoms with van der Waals surface area (Å²) in [6.07, 6.45) is 2.86. The van der Waals surface area contributed by atoms with Crippen LogP contribution in [0.1, 0.15) is 26.2 Å². The quantitative estimate of drug-likeness (QED) is 0.730. The Labute approximate surface area is 96.6 Å². The van der Waals surface area contributed by atoms with Crippen molar-refractivity contribution in [2.24, 2.45) is 0 Å². The number of hydrogen-bond donors (Lipinski definition) is 0. The number of rotatable bonds is 5. The minimum Gasteiger partial charge on any atom is -0.488 e. The third-order valence-corrected chi connectivity index (χ3v) is 2.42. The lowest BCUT2D eigenvalue weighted by atomic mass is 10.2. The highest BCUT2D eigenvalue weighted by atomic mass is 79.9. The summed E-state index contributed by atoms with van der Waals surface area (Å²) in [7, 11) is 0. The van der Waals surface area contributed by atoms with Crippen molar-refractivity contribution in [1.82, 2.24) is 0 Å². The van der Waals surface area contributed by atoms with Gasteiger partial charge in [-0.15, -0.1) is 0 Å². The maximum Gasteiger partial charge on any atom is 0.190 e. The summed E-state index contributed by atoms with van der Waals surface area (Å²) in [5.41, 5.74) is 0. The van der Waals surface area contributed by atoms with Gasteiger partial charge in [0.05, 0.1) is 6.61 Å². The smallest absolute Gasteiger partial charge is 0.190 e. The lowest BCUT2D eigenvalue weighted by molar-refractivity contribution is 0.276. The van der Waals surface area contributed by atoms with Crippen LogP contribution in [0.5, 0.6) is 5.75 Å². The SMILES string of the molecule is CCCCCOc1c(F)cc(Br)cc1F. The van der Waals surface area contributed by atoms with E-state index in [1.165, 1.54) is 12.1 Å². The molecule has 1 rings (SSSR count). The Bertz CT molecular complexity index is 305. The monoisotopic (exact) mass is 278 g/mol. The van der Waals surface area contributed by atoms with E-state index in [2.05, 4.69) is 22.9 Å². The van der Waals surface area contributed by atoms with Crippen molar-refractivity contribution in [2.75, 3.05) is 6.61 Å². The number of halogens is 3. The van der Waals surface area contributed by atoms with Gasteiger partial charge in [0.1, 0.15) is 0 Å². The average molecular weight is 279 g/mol. The Kier molecular flexibility index (Phi) is 5.02. The van der Waals surface area contributed by atoms with E-state index in [-0.39, 0.29) is 5.75 Å². The highest BCUT2D eigenvalue weighted by Gasteiger charge is 2.11. The fourth-order valence-corrected chi connectivity index (χ4v) is 1.60. The van der Waals surface area contributed by atoms with E-state index in [1.54, 1.807) is 0 Å². The van der Waals surface area contributed by atoms with Crippen LogP contribution in [0.3, 0.4) is 0 Å². The molecule has 15 heavy (non-hydrogen) atoms. The van der Waals surface area contributed by atoms with Gasteiger partial charge in [-0.05, 0) is 18.6 Å². The van der Waals surface area contributed by atoms with E-state index in [1.807, 2.05) is 0 Å². The predicted molar refractivity (Wildman–Crippen MR) is 59.1 cm³/mol. The normalized spacial score (nSPS) is 10.4. The van der Waals surface area contributed by atoms with Gasteiger partial charge in [0, 0.05) is 4.47 Å². The van der Waals surface area contributed by atoms with Crippen LogP contribution in [0.4, 0.5) is 8.78 Å². The van der Waals surface area contributed by atoms with Crippen LogP contribution in [0, 0.1) is 11.6 Å². The largest absolute Gasteiger partial charge is 0.488 e. The van der Waals surface area contributed by atoms with Crippen LogP contribution in [0.2, 0.25) is 0 Å². The lowest BCUT2D eigenvalue weighted by Gasteiger charge is -2.08. The van der Waals surface area contributed by atoms with E-state index in [9.17, 15) is 8.78 Å². The van der Waals surface area contributed by atoms with Gasteiger partial charge >= 0.3 is 0 Å². The maximum absolute atomic E-state index is 13.2. The summed E-state index contributed by atoms with van der Waals surface area (Å²) in [6, 6.07) is 2.39. The van der Waals surface area contributed by atoms with Crippen LogP contribution < -0.4 is 4.74 Å². The van der Waals surface area contributed by atoms with Crippen LogP contribution >= 0.6 is 15.9 Å². The van der Waals surface area contributed by atoms with Crippen molar-refractivity contribution in [3.63, 3.8) is 0 Å². The van der Waals surface area contributed by atoms with Crippen LogP contribution in [0.15, 0.2) is 16.6 Å². The summed E-state index contributed by atoms with van der Waals surface area (Å²) < 4.78 is 31.9. The molecular weight excluding hydrogens is 266 g/mol. The molecule has 0 radical (unpaired) electrons. The van der Waals surface area contributed by atoms with Gasteiger partial charge in [0.15, 0.2) is 17.4 Å². The van der Waals surface area contributed by atoms with E-state index in [0.29, 0.717) is 11.1 Å².